The molecule has 0 radical (unpaired) electrons. The second-order valence-electron chi connectivity index (χ2n) is 4.44. The van der Waals surface area contributed by atoms with Crippen LogP contribution in [0.15, 0.2) is 24.5 Å². The van der Waals surface area contributed by atoms with Crippen molar-refractivity contribution >= 4 is 11.8 Å². The molecule has 1 aromatic heterocycles. The third-order valence-electron chi connectivity index (χ3n) is 2.84. The number of amides is 2. The zero-order chi connectivity index (χ0) is 14.1. The first-order valence-corrected chi connectivity index (χ1v) is 6.57. The summed E-state index contributed by atoms with van der Waals surface area (Å²) < 4.78 is 0. The molecule has 104 valence electrons. The average molecular weight is 263 g/mol. The summed E-state index contributed by atoms with van der Waals surface area (Å²) in [5, 5.41) is 2.62. The number of likely N-dealkylation sites (N-methyl/N-ethyl adjacent to an activating group) is 1. The van der Waals surface area contributed by atoms with Crippen LogP contribution < -0.4 is 5.32 Å². The van der Waals surface area contributed by atoms with E-state index >= 15 is 0 Å². The highest BCUT2D eigenvalue weighted by Gasteiger charge is 2.17. The highest BCUT2D eigenvalue weighted by molar-refractivity contribution is 6.34. The Labute approximate surface area is 114 Å². The van der Waals surface area contributed by atoms with Crippen LogP contribution in [0.25, 0.3) is 0 Å². The van der Waals surface area contributed by atoms with Gasteiger partial charge in [-0.2, -0.15) is 0 Å². The molecule has 0 atom stereocenters. The van der Waals surface area contributed by atoms with Crippen LogP contribution in [0, 0.1) is 0 Å². The van der Waals surface area contributed by atoms with Crippen molar-refractivity contribution in [2.45, 2.75) is 26.2 Å². The summed E-state index contributed by atoms with van der Waals surface area (Å²) in [6.45, 7) is 3.11. The van der Waals surface area contributed by atoms with Crippen molar-refractivity contribution in [1.82, 2.24) is 15.2 Å². The van der Waals surface area contributed by atoms with E-state index in [1.807, 2.05) is 19.1 Å². The van der Waals surface area contributed by atoms with Crippen LogP contribution in [-0.4, -0.2) is 41.8 Å². The van der Waals surface area contributed by atoms with Gasteiger partial charge in [-0.1, -0.05) is 13.3 Å². The van der Waals surface area contributed by atoms with E-state index in [4.69, 9.17) is 0 Å². The maximum atomic E-state index is 11.8. The van der Waals surface area contributed by atoms with Gasteiger partial charge in [0.1, 0.15) is 0 Å². The maximum absolute atomic E-state index is 11.8. The fraction of sp³-hybridized carbons (Fsp3) is 0.500. The topological polar surface area (TPSA) is 62.3 Å². The minimum Gasteiger partial charge on any atom is -0.348 e. The molecule has 19 heavy (non-hydrogen) atoms. The van der Waals surface area contributed by atoms with Crippen LogP contribution in [-0.2, 0) is 16.0 Å². The fourth-order valence-electron chi connectivity index (χ4n) is 1.58. The van der Waals surface area contributed by atoms with Gasteiger partial charge in [0.25, 0.3) is 0 Å². The number of nitrogens with one attached hydrogen (secondary N) is 1. The van der Waals surface area contributed by atoms with E-state index in [-0.39, 0.29) is 0 Å². The first kappa shape index (κ1) is 15.1. The molecule has 0 aliphatic carbocycles. The molecule has 0 aliphatic rings. The van der Waals surface area contributed by atoms with Crippen LogP contribution in [0.3, 0.4) is 0 Å². The molecule has 1 heterocycles. The van der Waals surface area contributed by atoms with E-state index in [1.165, 1.54) is 4.90 Å². The van der Waals surface area contributed by atoms with E-state index in [9.17, 15) is 9.59 Å². The number of rotatable bonds is 6. The van der Waals surface area contributed by atoms with Crippen molar-refractivity contribution in [2.24, 2.45) is 0 Å². The molecule has 1 N–H and O–H groups in total. The highest BCUT2D eigenvalue weighted by atomic mass is 16.2. The number of hydrogen-bond donors (Lipinski definition) is 1. The van der Waals surface area contributed by atoms with E-state index in [2.05, 4.69) is 10.3 Å². The summed E-state index contributed by atoms with van der Waals surface area (Å²) in [5.41, 5.74) is 1.10. The molecule has 5 nitrogen and oxygen atoms in total. The lowest BCUT2D eigenvalue weighted by Gasteiger charge is -2.16. The van der Waals surface area contributed by atoms with Crippen LogP contribution in [0.2, 0.25) is 0 Å². The second kappa shape index (κ2) is 8.24. The molecule has 0 unspecified atom stereocenters. The fourth-order valence-corrected chi connectivity index (χ4v) is 1.58. The SMILES string of the molecule is CCCCNC(=O)C(=O)N(C)CCc1ccncc1. The standard InChI is InChI=1S/C14H21N3O2/c1-3-4-8-16-13(18)14(19)17(2)11-7-12-5-9-15-10-6-12/h5-6,9-10H,3-4,7-8,11H2,1-2H3,(H,16,18). The molecular formula is C14H21N3O2. The van der Waals surface area contributed by atoms with Crippen molar-refractivity contribution in [3.05, 3.63) is 30.1 Å². The molecule has 0 aliphatic heterocycles. The highest BCUT2D eigenvalue weighted by Crippen LogP contribution is 1.99. The van der Waals surface area contributed by atoms with Crippen molar-refractivity contribution in [3.8, 4) is 0 Å². The zero-order valence-electron chi connectivity index (χ0n) is 11.6. The number of nitrogens with zero attached hydrogens (tertiary/aromatic N) is 2. The predicted octanol–water partition coefficient (Wildman–Crippen LogP) is 0.999. The van der Waals surface area contributed by atoms with Gasteiger partial charge in [-0.25, -0.2) is 0 Å². The molecule has 0 saturated heterocycles. The molecule has 0 fully saturated rings. The van der Waals surface area contributed by atoms with Crippen LogP contribution in [0.4, 0.5) is 0 Å². The Balaban J connectivity index is 2.34. The van der Waals surface area contributed by atoms with E-state index in [1.54, 1.807) is 19.4 Å². The molecule has 2 amide bonds. The van der Waals surface area contributed by atoms with Gasteiger partial charge in [0, 0.05) is 32.5 Å². The van der Waals surface area contributed by atoms with Crippen LogP contribution in [0.5, 0.6) is 0 Å². The summed E-state index contributed by atoms with van der Waals surface area (Å²) in [4.78, 5) is 28.7. The Morgan fingerprint density at radius 2 is 2.00 bits per heavy atom. The first-order chi connectivity index (χ1) is 9.15. The summed E-state index contributed by atoms with van der Waals surface area (Å²) in [5.74, 6) is -1.00. The predicted molar refractivity (Wildman–Crippen MR) is 73.5 cm³/mol. The van der Waals surface area contributed by atoms with Crippen LogP contribution in [0.1, 0.15) is 25.3 Å². The van der Waals surface area contributed by atoms with Crippen molar-refractivity contribution in [1.29, 1.82) is 0 Å². The Hall–Kier alpha value is -1.91. The van der Waals surface area contributed by atoms with Gasteiger partial charge in [0.15, 0.2) is 0 Å². The minimum absolute atomic E-state index is 0.481. The average Bonchev–Trinajstić information content (AvgIpc) is 2.45. The number of aromatic nitrogens is 1. The van der Waals surface area contributed by atoms with Gasteiger partial charge >= 0.3 is 11.8 Å². The van der Waals surface area contributed by atoms with Gasteiger partial charge in [0.2, 0.25) is 0 Å². The van der Waals surface area contributed by atoms with Gasteiger partial charge < -0.3 is 10.2 Å². The van der Waals surface area contributed by atoms with Crippen molar-refractivity contribution < 1.29 is 9.59 Å². The third-order valence-corrected chi connectivity index (χ3v) is 2.84. The smallest absolute Gasteiger partial charge is 0.311 e. The van der Waals surface area contributed by atoms with Gasteiger partial charge in [0.05, 0.1) is 0 Å². The molecule has 0 aromatic carbocycles. The number of carbonyl (C=O) groups excluding carboxylic acids is 2. The lowest BCUT2D eigenvalue weighted by atomic mass is 10.2. The quantitative estimate of drug-likeness (QED) is 0.615. The second-order valence-corrected chi connectivity index (χ2v) is 4.44. The minimum atomic E-state index is -0.523. The summed E-state index contributed by atoms with van der Waals surface area (Å²) in [6, 6.07) is 3.80. The lowest BCUT2D eigenvalue weighted by Crippen LogP contribution is -2.42. The third kappa shape index (κ3) is 5.50. The molecule has 1 aromatic rings. The van der Waals surface area contributed by atoms with Crippen LogP contribution >= 0.6 is 0 Å². The molecular weight excluding hydrogens is 242 g/mol. The Kier molecular flexibility index (Phi) is 6.57. The number of pyridine rings is 1. The molecule has 0 bridgehead atoms. The first-order valence-electron chi connectivity index (χ1n) is 6.57. The molecule has 0 saturated carbocycles. The number of unbranched alkanes of at least 4 members (excludes halogenated alkanes) is 1. The van der Waals surface area contributed by atoms with Gasteiger partial charge in [-0.15, -0.1) is 0 Å². The summed E-state index contributed by atoms with van der Waals surface area (Å²) in [6.07, 6.45) is 6.03. The van der Waals surface area contributed by atoms with E-state index < -0.39 is 11.8 Å². The summed E-state index contributed by atoms with van der Waals surface area (Å²) in [7, 11) is 1.64. The Morgan fingerprint density at radius 1 is 1.32 bits per heavy atom. The van der Waals surface area contributed by atoms with Crippen molar-refractivity contribution in [2.75, 3.05) is 20.1 Å². The van der Waals surface area contributed by atoms with E-state index in [0.717, 1.165) is 18.4 Å². The summed E-state index contributed by atoms with van der Waals surface area (Å²) >= 11 is 0. The maximum Gasteiger partial charge on any atom is 0.311 e. The monoisotopic (exact) mass is 263 g/mol. The van der Waals surface area contributed by atoms with Gasteiger partial charge in [-0.05, 0) is 30.5 Å². The number of hydrogen-bond acceptors (Lipinski definition) is 3. The molecule has 5 heteroatoms. The zero-order valence-corrected chi connectivity index (χ0v) is 11.6. The Bertz CT molecular complexity index is 406. The van der Waals surface area contributed by atoms with E-state index in [0.29, 0.717) is 19.5 Å². The Morgan fingerprint density at radius 3 is 2.63 bits per heavy atom. The molecule has 0 spiro atoms. The normalized spacial score (nSPS) is 10.0. The van der Waals surface area contributed by atoms with Crippen molar-refractivity contribution in [3.63, 3.8) is 0 Å². The largest absolute Gasteiger partial charge is 0.348 e. The molecule has 1 rings (SSSR count). The number of carbonyl (C=O) groups is 2. The van der Waals surface area contributed by atoms with Gasteiger partial charge in [-0.3, -0.25) is 14.6 Å². The lowest BCUT2D eigenvalue weighted by molar-refractivity contribution is -0.144.